The van der Waals surface area contributed by atoms with E-state index < -0.39 is 5.82 Å². The number of amides is 2. The number of carbonyl (C=O) groups excluding carboxylic acids is 2. The van der Waals surface area contributed by atoms with Gasteiger partial charge in [-0.2, -0.15) is 0 Å². The van der Waals surface area contributed by atoms with Gasteiger partial charge in [-0.3, -0.25) is 14.5 Å². The maximum absolute atomic E-state index is 13.8. The van der Waals surface area contributed by atoms with Gasteiger partial charge in [0.1, 0.15) is 5.82 Å². The predicted molar refractivity (Wildman–Crippen MR) is 74.7 cm³/mol. The first-order chi connectivity index (χ1) is 9.59. The Kier molecular flexibility index (Phi) is 3.14. The predicted octanol–water partition coefficient (Wildman–Crippen LogP) is 3.38. The van der Waals surface area contributed by atoms with Crippen molar-refractivity contribution in [2.75, 3.05) is 0 Å². The van der Waals surface area contributed by atoms with Crippen molar-refractivity contribution in [3.8, 4) is 0 Å². The molecule has 0 saturated carbocycles. The molecule has 100 valence electrons. The fourth-order valence-corrected chi connectivity index (χ4v) is 2.69. The quantitative estimate of drug-likeness (QED) is 0.790. The van der Waals surface area contributed by atoms with Crippen LogP contribution in [-0.2, 0) is 6.54 Å². The summed E-state index contributed by atoms with van der Waals surface area (Å²) in [5.41, 5.74) is 1.02. The van der Waals surface area contributed by atoms with E-state index in [0.29, 0.717) is 21.2 Å². The Bertz CT molecular complexity index is 674. The molecule has 3 rings (SSSR count). The third kappa shape index (κ3) is 1.94. The van der Waals surface area contributed by atoms with Crippen molar-refractivity contribution in [3.05, 3.63) is 69.4 Å². The largest absolute Gasteiger partial charge is 0.270 e. The average molecular weight is 334 g/mol. The molecule has 2 amide bonds. The molecule has 0 saturated heterocycles. The molecule has 3 nitrogen and oxygen atoms in total. The Morgan fingerprint density at radius 1 is 0.950 bits per heavy atom. The summed E-state index contributed by atoms with van der Waals surface area (Å²) in [6.07, 6.45) is 0. The summed E-state index contributed by atoms with van der Waals surface area (Å²) in [6, 6.07) is 11.1. The standard InChI is InChI=1S/C15H9BrFNO2/c16-12-6-3-7-13(17)11(12)8-18-14(19)9-4-1-2-5-10(9)15(18)20/h1-7H,8H2. The van der Waals surface area contributed by atoms with E-state index in [1.165, 1.54) is 6.07 Å². The Morgan fingerprint density at radius 3 is 2.10 bits per heavy atom. The number of fused-ring (bicyclic) bond motifs is 1. The Hall–Kier alpha value is -2.01. The molecule has 0 unspecified atom stereocenters. The lowest BCUT2D eigenvalue weighted by Gasteiger charge is -2.15. The SMILES string of the molecule is O=C1c2ccccc2C(=O)N1Cc1c(F)cccc1Br. The number of hydrogen-bond donors (Lipinski definition) is 0. The molecule has 2 aromatic rings. The molecule has 1 heterocycles. The average Bonchev–Trinajstić information content (AvgIpc) is 2.68. The Balaban J connectivity index is 1.98. The second-order valence-corrected chi connectivity index (χ2v) is 5.30. The lowest BCUT2D eigenvalue weighted by atomic mass is 10.1. The molecule has 0 aliphatic carbocycles. The highest BCUT2D eigenvalue weighted by atomic mass is 79.9. The minimum Gasteiger partial charge on any atom is -0.270 e. The summed E-state index contributed by atoms with van der Waals surface area (Å²) in [5.74, 6) is -1.22. The Morgan fingerprint density at radius 2 is 1.55 bits per heavy atom. The van der Waals surface area contributed by atoms with Crippen LogP contribution in [0, 0.1) is 5.82 Å². The molecular formula is C15H9BrFNO2. The van der Waals surface area contributed by atoms with Crippen LogP contribution in [0.1, 0.15) is 26.3 Å². The van der Waals surface area contributed by atoms with Gasteiger partial charge in [-0.25, -0.2) is 4.39 Å². The molecule has 0 fully saturated rings. The van der Waals surface area contributed by atoms with Crippen LogP contribution in [0.2, 0.25) is 0 Å². The van der Waals surface area contributed by atoms with E-state index in [2.05, 4.69) is 15.9 Å². The molecule has 0 spiro atoms. The minimum atomic E-state index is -0.448. The molecule has 1 aliphatic rings. The molecule has 1 aliphatic heterocycles. The lowest BCUT2D eigenvalue weighted by molar-refractivity contribution is 0.0640. The van der Waals surface area contributed by atoms with Crippen molar-refractivity contribution >= 4 is 27.7 Å². The van der Waals surface area contributed by atoms with E-state index in [1.807, 2.05) is 0 Å². The third-order valence-corrected chi connectivity index (χ3v) is 4.00. The van der Waals surface area contributed by atoms with Crippen LogP contribution in [0.5, 0.6) is 0 Å². The number of benzene rings is 2. The van der Waals surface area contributed by atoms with Crippen molar-refractivity contribution in [2.24, 2.45) is 0 Å². The molecule has 2 aromatic carbocycles. The van der Waals surface area contributed by atoms with Gasteiger partial charge in [-0.05, 0) is 24.3 Å². The van der Waals surface area contributed by atoms with Gasteiger partial charge in [0.2, 0.25) is 0 Å². The van der Waals surface area contributed by atoms with Crippen LogP contribution >= 0.6 is 15.9 Å². The first kappa shape index (κ1) is 13.0. The van der Waals surface area contributed by atoms with E-state index in [9.17, 15) is 14.0 Å². The van der Waals surface area contributed by atoms with Crippen LogP contribution < -0.4 is 0 Å². The highest BCUT2D eigenvalue weighted by molar-refractivity contribution is 9.10. The number of rotatable bonds is 2. The summed E-state index contributed by atoms with van der Waals surface area (Å²) < 4.78 is 14.3. The highest BCUT2D eigenvalue weighted by Gasteiger charge is 2.35. The van der Waals surface area contributed by atoms with Crippen molar-refractivity contribution in [1.82, 2.24) is 4.90 Å². The van der Waals surface area contributed by atoms with Gasteiger partial charge in [0, 0.05) is 10.0 Å². The van der Waals surface area contributed by atoms with Crippen LogP contribution in [0.25, 0.3) is 0 Å². The topological polar surface area (TPSA) is 37.4 Å². The van der Waals surface area contributed by atoms with Gasteiger partial charge in [0.05, 0.1) is 17.7 Å². The van der Waals surface area contributed by atoms with Crippen LogP contribution in [0.3, 0.4) is 0 Å². The number of hydrogen-bond acceptors (Lipinski definition) is 2. The second-order valence-electron chi connectivity index (χ2n) is 4.44. The zero-order valence-corrected chi connectivity index (χ0v) is 11.9. The summed E-state index contributed by atoms with van der Waals surface area (Å²) in [7, 11) is 0. The van der Waals surface area contributed by atoms with E-state index in [1.54, 1.807) is 36.4 Å². The van der Waals surface area contributed by atoms with Crippen LogP contribution in [0.15, 0.2) is 46.9 Å². The van der Waals surface area contributed by atoms with E-state index in [4.69, 9.17) is 0 Å². The van der Waals surface area contributed by atoms with Crippen molar-refractivity contribution < 1.29 is 14.0 Å². The molecule has 0 aromatic heterocycles. The molecule has 0 atom stereocenters. The molecule has 5 heteroatoms. The third-order valence-electron chi connectivity index (χ3n) is 3.26. The minimum absolute atomic E-state index is 0.0837. The summed E-state index contributed by atoms with van der Waals surface area (Å²) in [4.78, 5) is 25.5. The van der Waals surface area contributed by atoms with Crippen molar-refractivity contribution in [1.29, 1.82) is 0 Å². The maximum Gasteiger partial charge on any atom is 0.261 e. The van der Waals surface area contributed by atoms with Gasteiger partial charge >= 0.3 is 0 Å². The zero-order valence-electron chi connectivity index (χ0n) is 10.3. The normalized spacial score (nSPS) is 13.8. The van der Waals surface area contributed by atoms with Gasteiger partial charge in [-0.15, -0.1) is 0 Å². The van der Waals surface area contributed by atoms with E-state index in [-0.39, 0.29) is 18.4 Å². The molecular weight excluding hydrogens is 325 g/mol. The molecule has 0 N–H and O–H groups in total. The molecule has 0 radical (unpaired) electrons. The van der Waals surface area contributed by atoms with Gasteiger partial charge in [0.25, 0.3) is 11.8 Å². The summed E-state index contributed by atoms with van der Waals surface area (Å²) >= 11 is 3.24. The first-order valence-electron chi connectivity index (χ1n) is 5.97. The van der Waals surface area contributed by atoms with Crippen molar-refractivity contribution in [2.45, 2.75) is 6.54 Å². The van der Waals surface area contributed by atoms with Gasteiger partial charge in [0.15, 0.2) is 0 Å². The molecule has 20 heavy (non-hydrogen) atoms. The highest BCUT2D eigenvalue weighted by Crippen LogP contribution is 2.27. The number of carbonyl (C=O) groups is 2. The lowest BCUT2D eigenvalue weighted by Crippen LogP contribution is -2.29. The second kappa shape index (κ2) is 4.83. The van der Waals surface area contributed by atoms with Crippen molar-refractivity contribution in [3.63, 3.8) is 0 Å². The van der Waals surface area contributed by atoms with Crippen LogP contribution in [0.4, 0.5) is 4.39 Å². The zero-order chi connectivity index (χ0) is 14.3. The fraction of sp³-hybridized carbons (Fsp3) is 0.0667. The van der Waals surface area contributed by atoms with E-state index in [0.717, 1.165) is 4.90 Å². The smallest absolute Gasteiger partial charge is 0.261 e. The Labute approximate surface area is 123 Å². The maximum atomic E-state index is 13.8. The van der Waals surface area contributed by atoms with E-state index >= 15 is 0 Å². The summed E-state index contributed by atoms with van der Waals surface area (Å²) in [5, 5.41) is 0. The molecule has 0 bridgehead atoms. The van der Waals surface area contributed by atoms with Gasteiger partial charge in [-0.1, -0.05) is 34.1 Å². The van der Waals surface area contributed by atoms with Gasteiger partial charge < -0.3 is 0 Å². The summed E-state index contributed by atoms with van der Waals surface area (Å²) in [6.45, 7) is -0.0837. The monoisotopic (exact) mass is 333 g/mol. The van der Waals surface area contributed by atoms with Crippen LogP contribution in [-0.4, -0.2) is 16.7 Å². The fourth-order valence-electron chi connectivity index (χ4n) is 2.22. The first-order valence-corrected chi connectivity index (χ1v) is 6.77. The number of imide groups is 1. The number of nitrogens with zero attached hydrogens (tertiary/aromatic N) is 1. The number of halogens is 2.